The van der Waals surface area contributed by atoms with Gasteiger partial charge in [0.05, 0.1) is 11.2 Å². The Balaban J connectivity index is 1.15. The number of hydrogen-bond donors (Lipinski definition) is 0. The molecule has 0 saturated heterocycles. The van der Waals surface area contributed by atoms with Crippen LogP contribution in [0.2, 0.25) is 0 Å². The van der Waals surface area contributed by atoms with E-state index in [1.807, 2.05) is 47.7 Å². The summed E-state index contributed by atoms with van der Waals surface area (Å²) in [6.45, 7) is 0. The van der Waals surface area contributed by atoms with E-state index < -0.39 is 0 Å². The molecule has 0 radical (unpaired) electrons. The second-order valence-corrected chi connectivity index (χ2v) is 13.7. The van der Waals surface area contributed by atoms with E-state index >= 15 is 0 Å². The van der Waals surface area contributed by atoms with Crippen molar-refractivity contribution in [1.29, 1.82) is 0 Å². The first-order valence-corrected chi connectivity index (χ1v) is 17.8. The van der Waals surface area contributed by atoms with E-state index in [1.165, 1.54) is 41.9 Å². The lowest BCUT2D eigenvalue weighted by molar-refractivity contribution is 1.07. The van der Waals surface area contributed by atoms with Crippen LogP contribution in [0.4, 0.5) is 0 Å². The molecule has 0 N–H and O–H groups in total. The third-order valence-corrected chi connectivity index (χ3v) is 10.7. The minimum Gasteiger partial charge on any atom is -0.247 e. The number of rotatable bonds is 5. The molecule has 3 heterocycles. The lowest BCUT2D eigenvalue weighted by Gasteiger charge is -2.11. The highest BCUT2D eigenvalue weighted by Crippen LogP contribution is 2.44. The van der Waals surface area contributed by atoms with Crippen LogP contribution in [0.3, 0.4) is 0 Å². The van der Waals surface area contributed by atoms with Gasteiger partial charge in [0.25, 0.3) is 0 Å². The van der Waals surface area contributed by atoms with Crippen molar-refractivity contribution in [2.45, 2.75) is 0 Å². The average Bonchev–Trinajstić information content (AvgIpc) is 3.61. The molecule has 51 heavy (non-hydrogen) atoms. The number of hydrogen-bond acceptors (Lipinski definition) is 5. The summed E-state index contributed by atoms with van der Waals surface area (Å²) in [6, 6.07) is 59.1. The number of nitrogens with zero attached hydrogens (tertiary/aromatic N) is 4. The third kappa shape index (κ3) is 5.23. The fourth-order valence-electron chi connectivity index (χ4n) is 6.96. The minimum absolute atomic E-state index is 0.617. The van der Waals surface area contributed by atoms with Crippen LogP contribution in [0.15, 0.2) is 170 Å². The zero-order valence-electron chi connectivity index (χ0n) is 27.4. The van der Waals surface area contributed by atoms with Gasteiger partial charge < -0.3 is 0 Å². The summed E-state index contributed by atoms with van der Waals surface area (Å²) in [5.74, 6) is 1.88. The van der Waals surface area contributed by atoms with E-state index in [2.05, 4.69) is 133 Å². The van der Waals surface area contributed by atoms with E-state index in [0.29, 0.717) is 17.5 Å². The quantitative estimate of drug-likeness (QED) is 0.171. The van der Waals surface area contributed by atoms with E-state index in [4.69, 9.17) is 19.9 Å². The van der Waals surface area contributed by atoms with Gasteiger partial charge in [-0.1, -0.05) is 146 Å². The first kappa shape index (κ1) is 29.4. The van der Waals surface area contributed by atoms with Gasteiger partial charge >= 0.3 is 0 Å². The lowest BCUT2D eigenvalue weighted by atomic mass is 9.99. The molecule has 238 valence electrons. The fourth-order valence-corrected chi connectivity index (χ4v) is 8.19. The van der Waals surface area contributed by atoms with Crippen molar-refractivity contribution in [3.8, 4) is 56.5 Å². The van der Waals surface area contributed by atoms with Gasteiger partial charge in [0.2, 0.25) is 0 Å². The zero-order chi connectivity index (χ0) is 33.7. The Kier molecular flexibility index (Phi) is 6.96. The average molecular weight is 669 g/mol. The number of thiophene rings is 1. The molecule has 0 spiro atoms. The molecule has 0 aliphatic rings. The Morgan fingerprint density at radius 3 is 1.63 bits per heavy atom. The van der Waals surface area contributed by atoms with Gasteiger partial charge in [-0.25, -0.2) is 19.9 Å². The van der Waals surface area contributed by atoms with Gasteiger partial charge in [0.15, 0.2) is 17.5 Å². The number of pyridine rings is 1. The van der Waals surface area contributed by atoms with Crippen molar-refractivity contribution in [1.82, 2.24) is 19.9 Å². The monoisotopic (exact) mass is 668 g/mol. The summed E-state index contributed by atoms with van der Waals surface area (Å²) in [6.07, 6.45) is 0. The molecule has 3 aromatic heterocycles. The van der Waals surface area contributed by atoms with Crippen molar-refractivity contribution >= 4 is 53.2 Å². The van der Waals surface area contributed by atoms with Crippen LogP contribution in [0.1, 0.15) is 0 Å². The van der Waals surface area contributed by atoms with E-state index in [0.717, 1.165) is 39.0 Å². The summed E-state index contributed by atoms with van der Waals surface area (Å²) in [5.41, 5.74) is 8.06. The fraction of sp³-hybridized carbons (Fsp3) is 0. The molecule has 0 unspecified atom stereocenters. The maximum Gasteiger partial charge on any atom is 0.164 e. The molecule has 0 saturated carbocycles. The molecule has 0 aliphatic heterocycles. The van der Waals surface area contributed by atoms with Crippen molar-refractivity contribution in [2.75, 3.05) is 0 Å². The number of benzene rings is 7. The zero-order valence-corrected chi connectivity index (χ0v) is 28.2. The van der Waals surface area contributed by atoms with Gasteiger partial charge in [-0.2, -0.15) is 0 Å². The van der Waals surface area contributed by atoms with Crippen LogP contribution in [0.5, 0.6) is 0 Å². The first-order chi connectivity index (χ1) is 25.2. The molecule has 10 aromatic rings. The Hall–Kier alpha value is -6.56. The molecule has 5 heteroatoms. The van der Waals surface area contributed by atoms with Crippen molar-refractivity contribution < 1.29 is 0 Å². The normalized spacial score (nSPS) is 11.5. The topological polar surface area (TPSA) is 51.6 Å². The molecule has 0 aliphatic carbocycles. The first-order valence-electron chi connectivity index (χ1n) is 17.0. The van der Waals surface area contributed by atoms with Gasteiger partial charge in [0, 0.05) is 47.8 Å². The molecule has 0 amide bonds. The Morgan fingerprint density at radius 1 is 0.353 bits per heavy atom. The van der Waals surface area contributed by atoms with Crippen LogP contribution >= 0.6 is 11.3 Å². The molecular formula is C46H28N4S. The van der Waals surface area contributed by atoms with Crippen LogP contribution in [-0.2, 0) is 0 Å². The second kappa shape index (κ2) is 12.1. The van der Waals surface area contributed by atoms with Crippen LogP contribution in [-0.4, -0.2) is 19.9 Å². The molecule has 10 rings (SSSR count). The number of fused-ring (bicyclic) bond motifs is 6. The largest absolute Gasteiger partial charge is 0.247 e. The summed E-state index contributed by atoms with van der Waals surface area (Å²) in [7, 11) is 0. The third-order valence-electron chi connectivity index (χ3n) is 9.49. The Morgan fingerprint density at radius 2 is 0.882 bits per heavy atom. The Labute approximate surface area is 298 Å². The van der Waals surface area contributed by atoms with Crippen LogP contribution < -0.4 is 0 Å². The SMILES string of the molecule is c1ccc(-c2ccc(-c3nc(-c4ccccc4)nc(-c4cccc(-c5nc6cc7ccccc7cc6c6sc7ccccc7c56)c4)n3)cc2)cc1. The highest BCUT2D eigenvalue weighted by atomic mass is 32.1. The van der Waals surface area contributed by atoms with Gasteiger partial charge in [-0.05, 0) is 46.2 Å². The summed E-state index contributed by atoms with van der Waals surface area (Å²) in [5, 5.41) is 5.97. The molecular weight excluding hydrogens is 641 g/mol. The van der Waals surface area contributed by atoms with Crippen LogP contribution in [0, 0.1) is 0 Å². The van der Waals surface area contributed by atoms with Crippen LogP contribution in [0.25, 0.3) is 98.4 Å². The molecule has 7 aromatic carbocycles. The molecule has 4 nitrogen and oxygen atoms in total. The minimum atomic E-state index is 0.617. The van der Waals surface area contributed by atoms with Crippen molar-refractivity contribution in [3.05, 3.63) is 170 Å². The standard InChI is InChI=1S/C46H28N4S/c1-3-12-29(13-4-1)30-22-24-32(25-23-30)45-48-44(31-14-5-2-6-15-31)49-46(50-45)36-19-11-18-35(26-36)42-41-37-20-9-10-21-40(37)51-43(41)38-27-33-16-7-8-17-34(33)28-39(38)47-42/h1-28H. The smallest absolute Gasteiger partial charge is 0.164 e. The van der Waals surface area contributed by atoms with Gasteiger partial charge in [-0.15, -0.1) is 11.3 Å². The van der Waals surface area contributed by atoms with E-state index in [1.54, 1.807) is 0 Å². The number of aromatic nitrogens is 4. The highest BCUT2D eigenvalue weighted by molar-refractivity contribution is 7.26. The van der Waals surface area contributed by atoms with E-state index in [9.17, 15) is 0 Å². The van der Waals surface area contributed by atoms with Gasteiger partial charge in [-0.3, -0.25) is 0 Å². The molecule has 0 fully saturated rings. The van der Waals surface area contributed by atoms with Crippen molar-refractivity contribution in [2.24, 2.45) is 0 Å². The summed E-state index contributed by atoms with van der Waals surface area (Å²) >= 11 is 1.83. The predicted octanol–water partition coefficient (Wildman–Crippen LogP) is 12.3. The predicted molar refractivity (Wildman–Crippen MR) is 213 cm³/mol. The van der Waals surface area contributed by atoms with E-state index in [-0.39, 0.29) is 0 Å². The maximum atomic E-state index is 5.40. The summed E-state index contributed by atoms with van der Waals surface area (Å²) in [4.78, 5) is 20.5. The Bertz CT molecular complexity index is 2900. The molecule has 0 atom stereocenters. The second-order valence-electron chi connectivity index (χ2n) is 12.7. The van der Waals surface area contributed by atoms with Gasteiger partial charge in [0.1, 0.15) is 0 Å². The van der Waals surface area contributed by atoms with Crippen molar-refractivity contribution in [3.63, 3.8) is 0 Å². The molecule has 0 bridgehead atoms. The lowest BCUT2D eigenvalue weighted by Crippen LogP contribution is -2.00. The highest BCUT2D eigenvalue weighted by Gasteiger charge is 2.18. The summed E-state index contributed by atoms with van der Waals surface area (Å²) < 4.78 is 2.50. The maximum absolute atomic E-state index is 5.40.